The molecule has 0 aliphatic carbocycles. The molecule has 2 atom stereocenters. The molecule has 1 saturated heterocycles. The summed E-state index contributed by atoms with van der Waals surface area (Å²) in [4.78, 5) is 0. The lowest BCUT2D eigenvalue weighted by atomic mass is 9.98. The number of halogens is 4. The molecule has 1 heterocycles. The van der Waals surface area contributed by atoms with Gasteiger partial charge in [-0.25, -0.2) is 0 Å². The molecule has 2 aromatic rings. The molecule has 1 aliphatic heterocycles. The van der Waals surface area contributed by atoms with Crippen molar-refractivity contribution in [2.24, 2.45) is 5.92 Å². The average molecular weight is 383 g/mol. The highest BCUT2D eigenvalue weighted by molar-refractivity contribution is 6.30. The quantitative estimate of drug-likeness (QED) is 0.679. The second-order valence-corrected chi connectivity index (χ2v) is 7.20. The Morgan fingerprint density at radius 3 is 2.35 bits per heavy atom. The summed E-state index contributed by atoms with van der Waals surface area (Å²) < 4.78 is 40.4. The van der Waals surface area contributed by atoms with E-state index in [0.717, 1.165) is 31.5 Å². The molecule has 0 bridgehead atoms. The molecular formula is C20H22ClF3N2. The van der Waals surface area contributed by atoms with Gasteiger partial charge in [-0.05, 0) is 73.7 Å². The van der Waals surface area contributed by atoms with Crippen molar-refractivity contribution in [2.75, 3.05) is 18.4 Å². The number of benzene rings is 2. The minimum Gasteiger partial charge on any atom is -0.370 e. The normalized spacial score (nSPS) is 18.7. The molecule has 2 nitrogen and oxygen atoms in total. The maximum absolute atomic E-state index is 13.5. The van der Waals surface area contributed by atoms with E-state index in [9.17, 15) is 13.2 Å². The summed E-state index contributed by atoms with van der Waals surface area (Å²) in [6.45, 7) is 2.14. The van der Waals surface area contributed by atoms with Crippen LogP contribution in [-0.4, -0.2) is 19.3 Å². The van der Waals surface area contributed by atoms with E-state index in [4.69, 9.17) is 11.6 Å². The van der Waals surface area contributed by atoms with E-state index >= 15 is 0 Å². The first-order chi connectivity index (χ1) is 12.4. The largest absolute Gasteiger partial charge is 0.412 e. The SMILES string of the molecule is FC(F)(F)[C@H](Nc1ccc(CCC2CCNC2)cc1)c1ccc(Cl)cc1. The molecule has 2 aromatic carbocycles. The van der Waals surface area contributed by atoms with Crippen molar-refractivity contribution in [1.82, 2.24) is 5.32 Å². The van der Waals surface area contributed by atoms with E-state index in [2.05, 4.69) is 10.6 Å². The molecule has 6 heteroatoms. The van der Waals surface area contributed by atoms with Gasteiger partial charge in [-0.15, -0.1) is 0 Å². The number of hydrogen-bond acceptors (Lipinski definition) is 2. The fourth-order valence-corrected chi connectivity index (χ4v) is 3.40. The third-order valence-corrected chi connectivity index (χ3v) is 5.05. The Balaban J connectivity index is 1.65. The Morgan fingerprint density at radius 2 is 1.77 bits per heavy atom. The molecule has 0 spiro atoms. The summed E-state index contributed by atoms with van der Waals surface area (Å²) >= 11 is 5.78. The first kappa shape index (κ1) is 19.1. The van der Waals surface area contributed by atoms with Crippen LogP contribution in [0.1, 0.15) is 30.0 Å². The molecule has 1 aliphatic rings. The molecule has 0 amide bonds. The van der Waals surface area contributed by atoms with Gasteiger partial charge < -0.3 is 10.6 Å². The summed E-state index contributed by atoms with van der Waals surface area (Å²) in [6, 6.07) is 11.2. The van der Waals surface area contributed by atoms with Gasteiger partial charge in [0.25, 0.3) is 0 Å². The lowest BCUT2D eigenvalue weighted by molar-refractivity contribution is -0.144. The lowest BCUT2D eigenvalue weighted by Crippen LogP contribution is -2.27. The Kier molecular flexibility index (Phi) is 6.09. The summed E-state index contributed by atoms with van der Waals surface area (Å²) in [5.41, 5.74) is 1.74. The second kappa shape index (κ2) is 8.31. The molecule has 0 saturated carbocycles. The van der Waals surface area contributed by atoms with Crippen molar-refractivity contribution in [2.45, 2.75) is 31.5 Å². The summed E-state index contributed by atoms with van der Waals surface area (Å²) in [6.07, 6.45) is -1.14. The minimum atomic E-state index is -4.40. The number of aryl methyl sites for hydroxylation is 1. The molecule has 26 heavy (non-hydrogen) atoms. The van der Waals surface area contributed by atoms with Crippen LogP contribution in [-0.2, 0) is 6.42 Å². The fraction of sp³-hybridized carbons (Fsp3) is 0.400. The van der Waals surface area contributed by atoms with Gasteiger partial charge in [0.15, 0.2) is 0 Å². The predicted octanol–water partition coefficient (Wildman–Crippen LogP) is 5.60. The van der Waals surface area contributed by atoms with Gasteiger partial charge in [-0.3, -0.25) is 0 Å². The van der Waals surface area contributed by atoms with Crippen LogP contribution in [0.5, 0.6) is 0 Å². The zero-order valence-electron chi connectivity index (χ0n) is 14.3. The molecule has 3 rings (SSSR count). The van der Waals surface area contributed by atoms with E-state index < -0.39 is 12.2 Å². The van der Waals surface area contributed by atoms with E-state index in [-0.39, 0.29) is 5.56 Å². The molecule has 2 N–H and O–H groups in total. The molecule has 140 valence electrons. The van der Waals surface area contributed by atoms with Crippen LogP contribution in [0.4, 0.5) is 18.9 Å². The van der Waals surface area contributed by atoms with E-state index in [1.54, 1.807) is 12.1 Å². The third-order valence-electron chi connectivity index (χ3n) is 4.80. The zero-order chi connectivity index (χ0) is 18.6. The van der Waals surface area contributed by atoms with Crippen LogP contribution >= 0.6 is 11.6 Å². The maximum atomic E-state index is 13.5. The van der Waals surface area contributed by atoms with Gasteiger partial charge >= 0.3 is 6.18 Å². The standard InChI is InChI=1S/C20H22ClF3N2/c21-17-7-5-16(6-8-17)19(20(22,23)24)26-18-9-3-14(4-10-18)1-2-15-11-12-25-13-15/h3-10,15,19,25-26H,1-2,11-13H2/t15?,19-/m1/s1. The van der Waals surface area contributed by atoms with Crippen molar-refractivity contribution in [1.29, 1.82) is 0 Å². The Hall–Kier alpha value is -1.72. The highest BCUT2D eigenvalue weighted by atomic mass is 35.5. The Morgan fingerprint density at radius 1 is 1.08 bits per heavy atom. The number of hydrogen-bond donors (Lipinski definition) is 2. The maximum Gasteiger partial charge on any atom is 0.412 e. The molecule has 1 unspecified atom stereocenters. The molecule has 0 radical (unpaired) electrons. The fourth-order valence-electron chi connectivity index (χ4n) is 3.28. The molecular weight excluding hydrogens is 361 g/mol. The van der Waals surface area contributed by atoms with Gasteiger partial charge in [0.1, 0.15) is 6.04 Å². The monoisotopic (exact) mass is 382 g/mol. The van der Waals surface area contributed by atoms with Crippen LogP contribution in [0.15, 0.2) is 48.5 Å². The van der Waals surface area contributed by atoms with Gasteiger partial charge in [0, 0.05) is 10.7 Å². The minimum absolute atomic E-state index is 0.139. The highest BCUT2D eigenvalue weighted by Crippen LogP contribution is 2.36. The Bertz CT molecular complexity index is 692. The van der Waals surface area contributed by atoms with E-state index in [0.29, 0.717) is 16.6 Å². The number of nitrogens with one attached hydrogen (secondary N) is 2. The van der Waals surface area contributed by atoms with Crippen molar-refractivity contribution in [3.05, 3.63) is 64.7 Å². The van der Waals surface area contributed by atoms with E-state index in [1.165, 1.54) is 30.7 Å². The predicted molar refractivity (Wildman–Crippen MR) is 99.6 cm³/mol. The third kappa shape index (κ3) is 5.15. The van der Waals surface area contributed by atoms with Crippen molar-refractivity contribution in [3.8, 4) is 0 Å². The Labute approximate surface area is 156 Å². The van der Waals surface area contributed by atoms with Crippen LogP contribution in [0, 0.1) is 5.92 Å². The van der Waals surface area contributed by atoms with Crippen molar-refractivity contribution < 1.29 is 13.2 Å². The van der Waals surface area contributed by atoms with Gasteiger partial charge in [0.2, 0.25) is 0 Å². The van der Waals surface area contributed by atoms with Crippen LogP contribution < -0.4 is 10.6 Å². The summed E-state index contributed by atoms with van der Waals surface area (Å²) in [5.74, 6) is 0.701. The van der Waals surface area contributed by atoms with Crippen molar-refractivity contribution >= 4 is 17.3 Å². The van der Waals surface area contributed by atoms with Crippen LogP contribution in [0.2, 0.25) is 5.02 Å². The smallest absolute Gasteiger partial charge is 0.370 e. The first-order valence-electron chi connectivity index (χ1n) is 8.80. The van der Waals surface area contributed by atoms with Gasteiger partial charge in [-0.1, -0.05) is 35.9 Å². The molecule has 0 aromatic heterocycles. The second-order valence-electron chi connectivity index (χ2n) is 6.76. The number of rotatable bonds is 6. The van der Waals surface area contributed by atoms with Gasteiger partial charge in [0.05, 0.1) is 0 Å². The number of alkyl halides is 3. The highest BCUT2D eigenvalue weighted by Gasteiger charge is 2.40. The molecule has 1 fully saturated rings. The first-order valence-corrected chi connectivity index (χ1v) is 9.18. The van der Waals surface area contributed by atoms with Crippen LogP contribution in [0.3, 0.4) is 0 Å². The number of anilines is 1. The topological polar surface area (TPSA) is 24.1 Å². The van der Waals surface area contributed by atoms with Gasteiger partial charge in [-0.2, -0.15) is 13.2 Å². The summed E-state index contributed by atoms with van der Waals surface area (Å²) in [7, 11) is 0. The lowest BCUT2D eigenvalue weighted by Gasteiger charge is -2.23. The average Bonchev–Trinajstić information content (AvgIpc) is 3.12. The van der Waals surface area contributed by atoms with Crippen LogP contribution in [0.25, 0.3) is 0 Å². The van der Waals surface area contributed by atoms with E-state index in [1.807, 2.05) is 12.1 Å². The van der Waals surface area contributed by atoms with Crippen molar-refractivity contribution in [3.63, 3.8) is 0 Å². The zero-order valence-corrected chi connectivity index (χ0v) is 15.1. The summed E-state index contributed by atoms with van der Waals surface area (Å²) in [5, 5.41) is 6.36.